The minimum atomic E-state index is -0.273. The van der Waals surface area contributed by atoms with Gasteiger partial charge in [0.05, 0.1) is 0 Å². The zero-order valence-electron chi connectivity index (χ0n) is 10.7. The summed E-state index contributed by atoms with van der Waals surface area (Å²) < 4.78 is 14.2. The van der Waals surface area contributed by atoms with Crippen LogP contribution < -0.4 is 5.32 Å². The predicted molar refractivity (Wildman–Crippen MR) is 82.4 cm³/mol. The average Bonchev–Trinajstić information content (AvgIpc) is 2.32. The molecule has 0 heterocycles. The van der Waals surface area contributed by atoms with E-state index in [1.54, 1.807) is 6.07 Å². The third kappa shape index (κ3) is 3.48. The van der Waals surface area contributed by atoms with Crippen molar-refractivity contribution in [1.82, 2.24) is 0 Å². The average molecular weight is 343 g/mol. The first-order valence-electron chi connectivity index (χ1n) is 5.92. The van der Waals surface area contributed by atoms with Gasteiger partial charge in [-0.25, -0.2) is 4.39 Å². The monoisotopic (exact) mass is 341 g/mol. The lowest BCUT2D eigenvalue weighted by Crippen LogP contribution is -2.04. The lowest BCUT2D eigenvalue weighted by Gasteiger charge is -2.14. The van der Waals surface area contributed by atoms with Crippen molar-refractivity contribution < 1.29 is 4.39 Å². The third-order valence-corrected chi connectivity index (χ3v) is 3.79. The quantitative estimate of drug-likeness (QED) is 0.780. The third-order valence-electron chi connectivity index (χ3n) is 2.96. The molecule has 0 saturated heterocycles. The van der Waals surface area contributed by atoms with Crippen LogP contribution in [0.3, 0.4) is 0 Å². The van der Waals surface area contributed by atoms with Gasteiger partial charge in [0.25, 0.3) is 0 Å². The molecule has 1 nitrogen and oxygen atoms in total. The number of halogens is 3. The van der Waals surface area contributed by atoms with E-state index in [0.29, 0.717) is 11.6 Å². The zero-order chi connectivity index (χ0) is 14.0. The van der Waals surface area contributed by atoms with E-state index in [1.165, 1.54) is 12.1 Å². The molecule has 0 saturated carbocycles. The fraction of sp³-hybridized carbons (Fsp3) is 0.200. The van der Waals surface area contributed by atoms with Gasteiger partial charge in [-0.2, -0.15) is 0 Å². The molecule has 2 aromatic carbocycles. The highest BCUT2D eigenvalue weighted by Gasteiger charge is 2.06. The first-order chi connectivity index (χ1) is 8.97. The van der Waals surface area contributed by atoms with Gasteiger partial charge >= 0.3 is 0 Å². The highest BCUT2D eigenvalue weighted by Crippen LogP contribution is 2.26. The van der Waals surface area contributed by atoms with E-state index in [2.05, 4.69) is 21.2 Å². The summed E-state index contributed by atoms with van der Waals surface area (Å²) in [5.41, 5.74) is 4.09. The number of aryl methyl sites for hydroxylation is 2. The Labute approximate surface area is 125 Å². The molecule has 0 unspecified atom stereocenters. The Bertz CT molecular complexity index is 590. The van der Waals surface area contributed by atoms with E-state index in [0.717, 1.165) is 26.9 Å². The first kappa shape index (κ1) is 14.4. The van der Waals surface area contributed by atoms with Crippen molar-refractivity contribution >= 4 is 33.2 Å². The summed E-state index contributed by atoms with van der Waals surface area (Å²) in [5.74, 6) is -0.273. The van der Waals surface area contributed by atoms with E-state index < -0.39 is 0 Å². The van der Waals surface area contributed by atoms with Crippen molar-refractivity contribution in [3.63, 3.8) is 0 Å². The second-order valence-corrected chi connectivity index (χ2v) is 5.83. The molecule has 0 bridgehead atoms. The van der Waals surface area contributed by atoms with Crippen LogP contribution in [0.15, 0.2) is 34.8 Å². The van der Waals surface area contributed by atoms with E-state index in [9.17, 15) is 4.39 Å². The normalized spacial score (nSPS) is 10.6. The first-order valence-corrected chi connectivity index (χ1v) is 7.09. The smallest absolute Gasteiger partial charge is 0.123 e. The van der Waals surface area contributed by atoms with Gasteiger partial charge < -0.3 is 5.32 Å². The molecule has 2 aromatic rings. The van der Waals surface area contributed by atoms with Crippen LogP contribution in [0, 0.1) is 19.7 Å². The van der Waals surface area contributed by atoms with E-state index in [4.69, 9.17) is 11.6 Å². The van der Waals surface area contributed by atoms with Gasteiger partial charge in [0.15, 0.2) is 0 Å². The summed E-state index contributed by atoms with van der Waals surface area (Å²) in [5, 5.41) is 3.89. The second-order valence-electron chi connectivity index (χ2n) is 4.50. The molecule has 0 aliphatic heterocycles. The number of nitrogens with one attached hydrogen (secondary N) is 1. The maximum atomic E-state index is 13.2. The van der Waals surface area contributed by atoms with E-state index >= 15 is 0 Å². The van der Waals surface area contributed by atoms with Crippen molar-refractivity contribution in [2.45, 2.75) is 20.4 Å². The summed E-state index contributed by atoms with van der Waals surface area (Å²) in [6.45, 7) is 4.57. The highest BCUT2D eigenvalue weighted by atomic mass is 79.9. The fourth-order valence-electron chi connectivity index (χ4n) is 2.05. The fourth-order valence-corrected chi connectivity index (χ4v) is 2.92. The van der Waals surface area contributed by atoms with Crippen molar-refractivity contribution in [2.75, 3.05) is 5.32 Å². The van der Waals surface area contributed by atoms with Crippen LogP contribution >= 0.6 is 27.5 Å². The van der Waals surface area contributed by atoms with Crippen LogP contribution in [0.5, 0.6) is 0 Å². The van der Waals surface area contributed by atoms with Gasteiger partial charge in [0.2, 0.25) is 0 Å². The molecule has 4 heteroatoms. The lowest BCUT2D eigenvalue weighted by molar-refractivity contribution is 0.626. The van der Waals surface area contributed by atoms with Crippen LogP contribution in [0.4, 0.5) is 10.1 Å². The molecule has 0 aliphatic rings. The Morgan fingerprint density at radius 2 is 1.79 bits per heavy atom. The molecule has 0 spiro atoms. The van der Waals surface area contributed by atoms with Crippen LogP contribution in [-0.2, 0) is 6.54 Å². The molecule has 0 radical (unpaired) electrons. The molecular formula is C15H14BrClFN. The predicted octanol–water partition coefficient (Wildman–Crippen LogP) is 5.47. The Morgan fingerprint density at radius 1 is 1.16 bits per heavy atom. The summed E-state index contributed by atoms with van der Waals surface area (Å²) >= 11 is 9.52. The number of hydrogen-bond donors (Lipinski definition) is 1. The van der Waals surface area contributed by atoms with Crippen molar-refractivity contribution in [3.05, 3.63) is 62.3 Å². The largest absolute Gasteiger partial charge is 0.380 e. The van der Waals surface area contributed by atoms with Gasteiger partial charge in [-0.15, -0.1) is 0 Å². The molecule has 0 atom stereocenters. The number of hydrogen-bond acceptors (Lipinski definition) is 1. The molecule has 2 rings (SSSR count). The Balaban J connectivity index is 2.21. The molecule has 0 aromatic heterocycles. The van der Waals surface area contributed by atoms with Crippen molar-refractivity contribution in [2.24, 2.45) is 0 Å². The Morgan fingerprint density at radius 3 is 2.42 bits per heavy atom. The van der Waals surface area contributed by atoms with Gasteiger partial charge in [0, 0.05) is 21.7 Å². The summed E-state index contributed by atoms with van der Waals surface area (Å²) in [6, 6.07) is 8.49. The molecule has 100 valence electrons. The molecule has 1 N–H and O–H groups in total. The van der Waals surface area contributed by atoms with Gasteiger partial charge in [0.1, 0.15) is 5.82 Å². The molecule has 19 heavy (non-hydrogen) atoms. The van der Waals surface area contributed by atoms with Crippen molar-refractivity contribution in [1.29, 1.82) is 0 Å². The maximum absolute atomic E-state index is 13.2. The number of anilines is 1. The molecule has 0 fully saturated rings. The lowest BCUT2D eigenvalue weighted by atomic mass is 10.1. The van der Waals surface area contributed by atoms with Crippen LogP contribution in [-0.4, -0.2) is 0 Å². The van der Waals surface area contributed by atoms with Crippen LogP contribution in [0.1, 0.15) is 16.7 Å². The van der Waals surface area contributed by atoms with Crippen molar-refractivity contribution in [3.8, 4) is 0 Å². The molecular weight excluding hydrogens is 329 g/mol. The Hall–Kier alpha value is -1.06. The summed E-state index contributed by atoms with van der Waals surface area (Å²) in [6.07, 6.45) is 0. The van der Waals surface area contributed by atoms with Gasteiger partial charge in [-0.3, -0.25) is 0 Å². The molecule has 0 amide bonds. The summed E-state index contributed by atoms with van der Waals surface area (Å²) in [7, 11) is 0. The summed E-state index contributed by atoms with van der Waals surface area (Å²) in [4.78, 5) is 0. The number of rotatable bonds is 3. The minimum absolute atomic E-state index is 0.273. The minimum Gasteiger partial charge on any atom is -0.380 e. The maximum Gasteiger partial charge on any atom is 0.123 e. The topological polar surface area (TPSA) is 12.0 Å². The Kier molecular flexibility index (Phi) is 4.48. The van der Waals surface area contributed by atoms with Gasteiger partial charge in [-0.05, 0) is 60.9 Å². The standard InChI is InChI=1S/C15H14BrClFN/c1-9-5-12(16)6-10(2)15(9)19-8-11-7-13(18)3-4-14(11)17/h3-7,19H,8H2,1-2H3. The van der Waals surface area contributed by atoms with E-state index in [-0.39, 0.29) is 5.82 Å². The number of benzene rings is 2. The SMILES string of the molecule is Cc1cc(Br)cc(C)c1NCc1cc(F)ccc1Cl. The second kappa shape index (κ2) is 5.93. The zero-order valence-corrected chi connectivity index (χ0v) is 13.1. The van der Waals surface area contributed by atoms with Crippen LogP contribution in [0.25, 0.3) is 0 Å². The van der Waals surface area contributed by atoms with Crippen LogP contribution in [0.2, 0.25) is 5.02 Å². The molecule has 0 aliphatic carbocycles. The van der Waals surface area contributed by atoms with Gasteiger partial charge in [-0.1, -0.05) is 27.5 Å². The highest BCUT2D eigenvalue weighted by molar-refractivity contribution is 9.10. The van der Waals surface area contributed by atoms with E-state index in [1.807, 2.05) is 26.0 Å².